The van der Waals surface area contributed by atoms with Crippen LogP contribution in [-0.4, -0.2) is 22.5 Å². The molecule has 1 fully saturated rings. The van der Waals surface area contributed by atoms with Crippen LogP contribution in [0.3, 0.4) is 0 Å². The van der Waals surface area contributed by atoms with Gasteiger partial charge in [-0.1, -0.05) is 32.8 Å². The van der Waals surface area contributed by atoms with Gasteiger partial charge in [-0.3, -0.25) is 9.59 Å². The number of hydrogen-bond donors (Lipinski definition) is 3. The van der Waals surface area contributed by atoms with Crippen LogP contribution in [0, 0.1) is 12.8 Å². The molecule has 1 saturated carbocycles. The zero-order valence-corrected chi connectivity index (χ0v) is 14.1. The summed E-state index contributed by atoms with van der Waals surface area (Å²) < 4.78 is 0. The van der Waals surface area contributed by atoms with Crippen molar-refractivity contribution in [3.8, 4) is 0 Å². The van der Waals surface area contributed by atoms with Crippen LogP contribution in [0.1, 0.15) is 51.5 Å². The van der Waals surface area contributed by atoms with Gasteiger partial charge in [-0.15, -0.1) is 0 Å². The van der Waals surface area contributed by atoms with Crippen molar-refractivity contribution < 1.29 is 14.7 Å². The van der Waals surface area contributed by atoms with Gasteiger partial charge < -0.3 is 15.7 Å². The van der Waals surface area contributed by atoms with Crippen molar-refractivity contribution in [2.24, 2.45) is 5.92 Å². The van der Waals surface area contributed by atoms with Crippen molar-refractivity contribution in [2.45, 2.75) is 58.5 Å². The van der Waals surface area contributed by atoms with Crippen molar-refractivity contribution in [3.63, 3.8) is 0 Å². The highest BCUT2D eigenvalue weighted by Gasteiger charge is 2.33. The maximum absolute atomic E-state index is 12.2. The van der Waals surface area contributed by atoms with Crippen LogP contribution >= 0.6 is 0 Å². The summed E-state index contributed by atoms with van der Waals surface area (Å²) in [6.07, 6.45) is 3.43. The van der Waals surface area contributed by atoms with Crippen molar-refractivity contribution in [2.75, 3.05) is 10.6 Å². The second-order valence-electron chi connectivity index (χ2n) is 6.83. The Hall–Kier alpha value is -1.88. The fourth-order valence-corrected chi connectivity index (χ4v) is 2.82. The monoisotopic (exact) mass is 318 g/mol. The van der Waals surface area contributed by atoms with Crippen LogP contribution < -0.4 is 10.6 Å². The van der Waals surface area contributed by atoms with Crippen molar-refractivity contribution in [1.29, 1.82) is 0 Å². The number of aryl methyl sites for hydroxylation is 1. The zero-order chi connectivity index (χ0) is 17.0. The standard InChI is InChI=1S/C18H26N2O3/c1-12(2)17(22)19-14-7-6-13(3)15(10-14)20-16(21)11-18(23)8-4-5-9-18/h6-7,10,12,23H,4-5,8-9,11H2,1-3H3,(H,19,22)(H,20,21). The van der Waals surface area contributed by atoms with E-state index in [1.54, 1.807) is 6.07 Å². The first-order valence-corrected chi connectivity index (χ1v) is 8.23. The van der Waals surface area contributed by atoms with Crippen LogP contribution in [0.25, 0.3) is 0 Å². The molecule has 126 valence electrons. The van der Waals surface area contributed by atoms with Gasteiger partial charge in [-0.2, -0.15) is 0 Å². The number of benzene rings is 1. The fraction of sp³-hybridized carbons (Fsp3) is 0.556. The second kappa shape index (κ2) is 7.13. The molecular formula is C18H26N2O3. The molecule has 1 aromatic rings. The minimum Gasteiger partial charge on any atom is -0.389 e. The number of amides is 2. The predicted octanol–water partition coefficient (Wildman–Crippen LogP) is 3.22. The van der Waals surface area contributed by atoms with Gasteiger partial charge >= 0.3 is 0 Å². The Morgan fingerprint density at radius 2 is 1.87 bits per heavy atom. The number of carbonyl (C=O) groups is 2. The topological polar surface area (TPSA) is 78.4 Å². The van der Waals surface area contributed by atoms with E-state index in [-0.39, 0.29) is 24.2 Å². The molecule has 2 rings (SSSR count). The highest BCUT2D eigenvalue weighted by molar-refractivity contribution is 5.95. The summed E-state index contributed by atoms with van der Waals surface area (Å²) >= 11 is 0. The lowest BCUT2D eigenvalue weighted by Crippen LogP contribution is -2.30. The van der Waals surface area contributed by atoms with E-state index in [9.17, 15) is 14.7 Å². The Balaban J connectivity index is 2.03. The Labute approximate surface area is 137 Å². The van der Waals surface area contributed by atoms with E-state index in [1.165, 1.54) is 0 Å². The van der Waals surface area contributed by atoms with Crippen LogP contribution in [0.15, 0.2) is 18.2 Å². The molecule has 0 saturated heterocycles. The van der Waals surface area contributed by atoms with Crippen LogP contribution in [-0.2, 0) is 9.59 Å². The number of anilines is 2. The lowest BCUT2D eigenvalue weighted by Gasteiger charge is -2.21. The fourth-order valence-electron chi connectivity index (χ4n) is 2.82. The summed E-state index contributed by atoms with van der Waals surface area (Å²) in [5, 5.41) is 16.0. The quantitative estimate of drug-likeness (QED) is 0.780. The molecule has 3 N–H and O–H groups in total. The molecule has 0 atom stereocenters. The average Bonchev–Trinajstić information content (AvgIpc) is 2.88. The Morgan fingerprint density at radius 3 is 2.48 bits per heavy atom. The van der Waals surface area contributed by atoms with Crippen LogP contribution in [0.4, 0.5) is 11.4 Å². The lowest BCUT2D eigenvalue weighted by molar-refractivity contribution is -0.121. The number of rotatable bonds is 5. The predicted molar refractivity (Wildman–Crippen MR) is 91.3 cm³/mol. The molecular weight excluding hydrogens is 292 g/mol. The molecule has 0 bridgehead atoms. The van der Waals surface area contributed by atoms with Gasteiger partial charge in [0.05, 0.1) is 12.0 Å². The summed E-state index contributed by atoms with van der Waals surface area (Å²) in [5.74, 6) is -0.359. The first kappa shape index (κ1) is 17.5. The van der Waals surface area contributed by atoms with E-state index in [0.29, 0.717) is 24.2 Å². The molecule has 1 aliphatic carbocycles. The Kier molecular flexibility index (Phi) is 5.42. The van der Waals surface area contributed by atoms with E-state index in [1.807, 2.05) is 32.9 Å². The Bertz CT molecular complexity index is 590. The van der Waals surface area contributed by atoms with Crippen molar-refractivity contribution in [3.05, 3.63) is 23.8 Å². The highest BCUT2D eigenvalue weighted by atomic mass is 16.3. The summed E-state index contributed by atoms with van der Waals surface area (Å²) in [4.78, 5) is 24.0. The van der Waals surface area contributed by atoms with Crippen molar-refractivity contribution in [1.82, 2.24) is 0 Å². The molecule has 0 aliphatic heterocycles. The number of carbonyl (C=O) groups excluding carboxylic acids is 2. The normalized spacial score (nSPS) is 16.4. The zero-order valence-electron chi connectivity index (χ0n) is 14.1. The summed E-state index contributed by atoms with van der Waals surface area (Å²) in [5.41, 5.74) is 1.38. The van der Waals surface area contributed by atoms with Gasteiger partial charge in [0.1, 0.15) is 0 Å². The maximum Gasteiger partial charge on any atom is 0.227 e. The van der Waals surface area contributed by atoms with E-state index in [0.717, 1.165) is 18.4 Å². The third kappa shape index (κ3) is 4.79. The lowest BCUT2D eigenvalue weighted by atomic mass is 9.97. The average molecular weight is 318 g/mol. The van der Waals surface area contributed by atoms with E-state index >= 15 is 0 Å². The van der Waals surface area contributed by atoms with Crippen LogP contribution in [0.5, 0.6) is 0 Å². The van der Waals surface area contributed by atoms with Crippen molar-refractivity contribution >= 4 is 23.2 Å². The highest BCUT2D eigenvalue weighted by Crippen LogP contribution is 2.32. The molecule has 0 radical (unpaired) electrons. The molecule has 23 heavy (non-hydrogen) atoms. The van der Waals surface area contributed by atoms with Gasteiger partial charge in [0.15, 0.2) is 0 Å². The minimum atomic E-state index is -0.860. The molecule has 1 aromatic carbocycles. The summed E-state index contributed by atoms with van der Waals surface area (Å²) in [6, 6.07) is 5.43. The molecule has 0 spiro atoms. The summed E-state index contributed by atoms with van der Waals surface area (Å²) in [6.45, 7) is 5.55. The molecule has 0 aromatic heterocycles. The largest absolute Gasteiger partial charge is 0.389 e. The molecule has 0 unspecified atom stereocenters. The van der Waals surface area contributed by atoms with Gasteiger partial charge in [-0.25, -0.2) is 0 Å². The van der Waals surface area contributed by atoms with Gasteiger partial charge in [0, 0.05) is 17.3 Å². The minimum absolute atomic E-state index is 0.0635. The number of hydrogen-bond acceptors (Lipinski definition) is 3. The van der Waals surface area contributed by atoms with Crippen LogP contribution in [0.2, 0.25) is 0 Å². The molecule has 1 aliphatic rings. The SMILES string of the molecule is Cc1ccc(NC(=O)C(C)C)cc1NC(=O)CC1(O)CCCC1. The third-order valence-corrected chi connectivity index (χ3v) is 4.33. The molecule has 5 heteroatoms. The first-order valence-electron chi connectivity index (χ1n) is 8.23. The maximum atomic E-state index is 12.2. The van der Waals surface area contributed by atoms with Gasteiger partial charge in [-0.05, 0) is 37.5 Å². The summed E-state index contributed by atoms with van der Waals surface area (Å²) in [7, 11) is 0. The Morgan fingerprint density at radius 1 is 1.22 bits per heavy atom. The molecule has 5 nitrogen and oxygen atoms in total. The van der Waals surface area contributed by atoms with E-state index < -0.39 is 5.60 Å². The second-order valence-corrected chi connectivity index (χ2v) is 6.83. The van der Waals surface area contributed by atoms with E-state index in [2.05, 4.69) is 10.6 Å². The number of aliphatic hydroxyl groups is 1. The van der Waals surface area contributed by atoms with E-state index in [4.69, 9.17) is 0 Å². The van der Waals surface area contributed by atoms with Gasteiger partial charge in [0.25, 0.3) is 0 Å². The molecule has 2 amide bonds. The molecule has 0 heterocycles. The first-order chi connectivity index (χ1) is 10.8. The van der Waals surface area contributed by atoms with Gasteiger partial charge in [0.2, 0.25) is 11.8 Å². The number of nitrogens with one attached hydrogen (secondary N) is 2. The third-order valence-electron chi connectivity index (χ3n) is 4.33. The smallest absolute Gasteiger partial charge is 0.227 e.